The summed E-state index contributed by atoms with van der Waals surface area (Å²) in [6.45, 7) is 6.86. The summed E-state index contributed by atoms with van der Waals surface area (Å²) >= 11 is 0. The van der Waals surface area contributed by atoms with E-state index in [1.807, 2.05) is 30.0 Å². The molecule has 2 aliphatic heterocycles. The standard InChI is InChI=1S/C24H24N4O/c1-16-5-6-21(13-17(16)2)19-7-9-20(10-8-19)24-25-22-11-12-28(15-23(22)26-24)14-18(3)27-29-4/h5-13,15H,14H2,1-4H3. The van der Waals surface area contributed by atoms with Gasteiger partial charge in [0.2, 0.25) is 0 Å². The predicted octanol–water partition coefficient (Wildman–Crippen LogP) is 5.36. The van der Waals surface area contributed by atoms with Gasteiger partial charge in [0.05, 0.1) is 18.0 Å². The van der Waals surface area contributed by atoms with Crippen LogP contribution in [0.5, 0.6) is 0 Å². The van der Waals surface area contributed by atoms with E-state index < -0.39 is 0 Å². The maximum atomic E-state index is 4.83. The normalized spacial score (nSPS) is 11.8. The molecule has 2 aromatic carbocycles. The van der Waals surface area contributed by atoms with Gasteiger partial charge in [-0.2, -0.15) is 0 Å². The molecule has 5 heteroatoms. The number of hydrogen-bond acceptors (Lipinski definition) is 4. The fourth-order valence-corrected chi connectivity index (χ4v) is 3.36. The summed E-state index contributed by atoms with van der Waals surface area (Å²) in [7, 11) is 1.55. The topological polar surface area (TPSA) is 52.3 Å². The average Bonchev–Trinajstić information content (AvgIpc) is 3.14. The minimum Gasteiger partial charge on any atom is -0.399 e. The zero-order valence-electron chi connectivity index (χ0n) is 17.2. The Labute approximate surface area is 171 Å². The number of aromatic nitrogens is 3. The fourth-order valence-electron chi connectivity index (χ4n) is 3.36. The second-order valence-corrected chi connectivity index (χ2v) is 7.32. The van der Waals surface area contributed by atoms with Crippen LogP contribution >= 0.6 is 0 Å². The van der Waals surface area contributed by atoms with Crippen LogP contribution in [0.3, 0.4) is 0 Å². The zero-order valence-corrected chi connectivity index (χ0v) is 17.2. The first-order valence-corrected chi connectivity index (χ1v) is 9.62. The van der Waals surface area contributed by atoms with Crippen molar-refractivity contribution in [1.82, 2.24) is 14.5 Å². The molecule has 0 saturated heterocycles. The van der Waals surface area contributed by atoms with Crippen LogP contribution in [-0.4, -0.2) is 27.4 Å². The monoisotopic (exact) mass is 384 g/mol. The van der Waals surface area contributed by atoms with Crippen molar-refractivity contribution in [3.05, 3.63) is 72.1 Å². The summed E-state index contributed by atoms with van der Waals surface area (Å²) in [6.07, 6.45) is 3.97. The second kappa shape index (κ2) is 7.87. The highest BCUT2D eigenvalue weighted by Crippen LogP contribution is 2.28. The van der Waals surface area contributed by atoms with Gasteiger partial charge in [-0.3, -0.25) is 0 Å². The quantitative estimate of drug-likeness (QED) is 0.344. The SMILES string of the molecule is CON=C(C)Cn1ccc2nc(-c3ccc(-c4ccc(C)c(C)c4)cc3)nc-2c1. The summed E-state index contributed by atoms with van der Waals surface area (Å²) in [5.74, 6) is 0.742. The van der Waals surface area contributed by atoms with Gasteiger partial charge in [-0.1, -0.05) is 47.6 Å². The number of nitrogens with zero attached hydrogens (tertiary/aromatic N) is 4. The maximum Gasteiger partial charge on any atom is 0.160 e. The van der Waals surface area contributed by atoms with Gasteiger partial charge in [-0.15, -0.1) is 0 Å². The lowest BCUT2D eigenvalue weighted by molar-refractivity contribution is 0.212. The minimum absolute atomic E-state index is 0.649. The summed E-state index contributed by atoms with van der Waals surface area (Å²) in [5, 5.41) is 3.96. The van der Waals surface area contributed by atoms with E-state index in [-0.39, 0.29) is 0 Å². The molecule has 2 heterocycles. The number of hydrogen-bond donors (Lipinski definition) is 0. The number of oxime groups is 1. The molecule has 0 bridgehead atoms. The molecule has 0 saturated carbocycles. The van der Waals surface area contributed by atoms with E-state index in [0.717, 1.165) is 28.5 Å². The van der Waals surface area contributed by atoms with Crippen LogP contribution in [-0.2, 0) is 11.4 Å². The molecule has 5 nitrogen and oxygen atoms in total. The first-order valence-electron chi connectivity index (χ1n) is 9.62. The Morgan fingerprint density at radius 1 is 0.897 bits per heavy atom. The zero-order chi connectivity index (χ0) is 20.4. The molecule has 0 atom stereocenters. The third-order valence-electron chi connectivity index (χ3n) is 5.07. The molecule has 146 valence electrons. The molecule has 0 aliphatic carbocycles. The van der Waals surface area contributed by atoms with E-state index in [9.17, 15) is 0 Å². The second-order valence-electron chi connectivity index (χ2n) is 7.32. The summed E-state index contributed by atoms with van der Waals surface area (Å²) in [5.41, 5.74) is 8.68. The molecule has 29 heavy (non-hydrogen) atoms. The number of benzene rings is 2. The van der Waals surface area contributed by atoms with Gasteiger partial charge in [0.25, 0.3) is 0 Å². The first-order chi connectivity index (χ1) is 14.0. The molecular formula is C24H24N4O. The van der Waals surface area contributed by atoms with Gasteiger partial charge < -0.3 is 9.40 Å². The van der Waals surface area contributed by atoms with Gasteiger partial charge in [0.1, 0.15) is 12.8 Å². The van der Waals surface area contributed by atoms with Crippen LogP contribution in [0, 0.1) is 13.8 Å². The lowest BCUT2D eigenvalue weighted by Crippen LogP contribution is -2.07. The van der Waals surface area contributed by atoms with Crippen molar-refractivity contribution >= 4 is 5.71 Å². The molecule has 0 unspecified atom stereocenters. The molecule has 2 aliphatic rings. The molecule has 0 aromatic heterocycles. The Bertz CT molecular complexity index is 1140. The van der Waals surface area contributed by atoms with E-state index in [0.29, 0.717) is 6.54 Å². The van der Waals surface area contributed by atoms with Gasteiger partial charge in [0.15, 0.2) is 5.82 Å². The third kappa shape index (κ3) is 4.04. The minimum atomic E-state index is 0.649. The Hall–Kier alpha value is -3.47. The maximum absolute atomic E-state index is 4.83. The highest BCUT2D eigenvalue weighted by Gasteiger charge is 2.13. The van der Waals surface area contributed by atoms with Crippen LogP contribution in [0.4, 0.5) is 0 Å². The Morgan fingerprint density at radius 3 is 2.31 bits per heavy atom. The number of imidazole rings is 1. The summed E-state index contributed by atoms with van der Waals surface area (Å²) in [4.78, 5) is 14.2. The van der Waals surface area contributed by atoms with E-state index >= 15 is 0 Å². The molecule has 2 aromatic rings. The van der Waals surface area contributed by atoms with Crippen LogP contribution in [0.15, 0.2) is 66.1 Å². The van der Waals surface area contributed by atoms with E-state index in [4.69, 9.17) is 9.82 Å². The Morgan fingerprint density at radius 2 is 1.59 bits per heavy atom. The average molecular weight is 384 g/mol. The van der Waals surface area contributed by atoms with Crippen molar-refractivity contribution in [2.24, 2.45) is 5.16 Å². The molecule has 0 amide bonds. The van der Waals surface area contributed by atoms with Crippen LogP contribution < -0.4 is 0 Å². The highest BCUT2D eigenvalue weighted by molar-refractivity contribution is 5.81. The molecule has 0 N–H and O–H groups in total. The van der Waals surface area contributed by atoms with Crippen molar-refractivity contribution in [2.45, 2.75) is 27.3 Å². The third-order valence-corrected chi connectivity index (χ3v) is 5.07. The highest BCUT2D eigenvalue weighted by atomic mass is 16.6. The lowest BCUT2D eigenvalue weighted by Gasteiger charge is -2.06. The van der Waals surface area contributed by atoms with Crippen LogP contribution in [0.25, 0.3) is 33.9 Å². The lowest BCUT2D eigenvalue weighted by atomic mass is 9.99. The number of fused-ring (bicyclic) bond motifs is 1. The first kappa shape index (κ1) is 18.9. The van der Waals surface area contributed by atoms with Gasteiger partial charge >= 0.3 is 0 Å². The van der Waals surface area contributed by atoms with Crippen molar-refractivity contribution in [2.75, 3.05) is 7.11 Å². The molecule has 4 rings (SSSR count). The fraction of sp³-hybridized carbons (Fsp3) is 0.208. The number of pyridine rings is 1. The molecule has 0 fully saturated rings. The van der Waals surface area contributed by atoms with E-state index in [1.165, 1.54) is 22.3 Å². The summed E-state index contributed by atoms with van der Waals surface area (Å²) < 4.78 is 2.03. The number of aryl methyl sites for hydroxylation is 2. The number of rotatable bonds is 5. The van der Waals surface area contributed by atoms with E-state index in [2.05, 4.69) is 66.5 Å². The predicted molar refractivity (Wildman–Crippen MR) is 117 cm³/mol. The Kier molecular flexibility index (Phi) is 5.12. The smallest absolute Gasteiger partial charge is 0.160 e. The van der Waals surface area contributed by atoms with Crippen molar-refractivity contribution in [1.29, 1.82) is 0 Å². The van der Waals surface area contributed by atoms with Gasteiger partial charge in [-0.05, 0) is 49.1 Å². The van der Waals surface area contributed by atoms with Crippen LogP contribution in [0.1, 0.15) is 18.1 Å². The van der Waals surface area contributed by atoms with Gasteiger partial charge in [0, 0.05) is 18.0 Å². The van der Waals surface area contributed by atoms with Crippen molar-refractivity contribution in [3.63, 3.8) is 0 Å². The van der Waals surface area contributed by atoms with Crippen molar-refractivity contribution < 1.29 is 4.84 Å². The van der Waals surface area contributed by atoms with Crippen LogP contribution in [0.2, 0.25) is 0 Å². The molecule has 0 spiro atoms. The molecular weight excluding hydrogens is 360 g/mol. The van der Waals surface area contributed by atoms with Gasteiger partial charge in [-0.25, -0.2) is 9.97 Å². The Balaban J connectivity index is 1.60. The summed E-state index contributed by atoms with van der Waals surface area (Å²) in [6, 6.07) is 17.0. The van der Waals surface area contributed by atoms with Crippen molar-refractivity contribution in [3.8, 4) is 33.9 Å². The molecule has 0 radical (unpaired) electrons. The van der Waals surface area contributed by atoms with E-state index in [1.54, 1.807) is 7.11 Å². The largest absolute Gasteiger partial charge is 0.399 e.